The van der Waals surface area contributed by atoms with Gasteiger partial charge in [0, 0.05) is 45.0 Å². The molecule has 14 heteroatoms. The molecule has 1 aliphatic rings. The lowest BCUT2D eigenvalue weighted by Gasteiger charge is -2.40. The van der Waals surface area contributed by atoms with Gasteiger partial charge >= 0.3 is 10.2 Å². The summed E-state index contributed by atoms with van der Waals surface area (Å²) < 4.78 is 77.4. The number of methoxy groups -OCH3 is 1. The summed E-state index contributed by atoms with van der Waals surface area (Å²) in [7, 11) is -8.24. The first-order valence-corrected chi connectivity index (χ1v) is 14.7. The molecule has 3 aromatic rings. The second-order valence-electron chi connectivity index (χ2n) is 9.64. The zero-order valence-corrected chi connectivity index (χ0v) is 22.9. The van der Waals surface area contributed by atoms with Gasteiger partial charge in [-0.1, -0.05) is 19.4 Å². The molecule has 0 spiro atoms. The van der Waals surface area contributed by atoms with Crippen molar-refractivity contribution in [3.8, 4) is 5.75 Å². The van der Waals surface area contributed by atoms with E-state index in [0.717, 1.165) is 12.1 Å². The molecule has 40 heavy (non-hydrogen) atoms. The van der Waals surface area contributed by atoms with Gasteiger partial charge in [-0.2, -0.15) is 5.10 Å². The van der Waals surface area contributed by atoms with Crippen LogP contribution in [0, 0.1) is 5.92 Å². The highest BCUT2D eigenvalue weighted by Gasteiger charge is 2.65. The Morgan fingerprint density at radius 1 is 1.05 bits per heavy atom. The third kappa shape index (κ3) is 6.84. The average molecular weight is 591 g/mol. The van der Waals surface area contributed by atoms with Crippen LogP contribution < -0.4 is 10.1 Å². The quantitative estimate of drug-likeness (QED) is 0.231. The Balaban J connectivity index is 1.40. The van der Waals surface area contributed by atoms with E-state index in [1.165, 1.54) is 4.90 Å². The number of nitrogens with one attached hydrogen (secondary N) is 1. The Kier molecular flexibility index (Phi) is 7.80. The molecule has 1 saturated heterocycles. The lowest BCUT2D eigenvalue weighted by Crippen LogP contribution is -2.39. The van der Waals surface area contributed by atoms with Crippen molar-refractivity contribution in [2.24, 2.45) is 5.92 Å². The number of amides is 2. The standard InChI is InChI=1S/C26H31F5N4O4S/c1-3-39-24-21(25(36)32-12-15-38-2)8-9-23-22(24)17-35(33-23)16-18-10-13-34(14-11-18)26(37)19-4-6-20(7-5-19)40(27,28,29,30)31/h4-9,17-18H,3,10-16H2,1-2H3,(H,32,36). The number of piperidine rings is 1. The van der Waals surface area contributed by atoms with Crippen molar-refractivity contribution in [3.05, 3.63) is 53.7 Å². The number of nitrogens with zero attached hydrogens (tertiary/aromatic N) is 3. The maximum Gasteiger partial charge on any atom is 0.310 e. The molecule has 2 aromatic carbocycles. The number of hydrogen-bond acceptors (Lipinski definition) is 5. The number of carbonyl (C=O) groups excluding carboxylic acids is 2. The van der Waals surface area contributed by atoms with Crippen molar-refractivity contribution in [2.45, 2.75) is 31.2 Å². The van der Waals surface area contributed by atoms with Crippen molar-refractivity contribution in [3.63, 3.8) is 0 Å². The van der Waals surface area contributed by atoms with E-state index in [4.69, 9.17) is 9.47 Å². The normalized spacial score (nSPS) is 16.4. The molecule has 8 nitrogen and oxygen atoms in total. The van der Waals surface area contributed by atoms with Crippen LogP contribution in [0.2, 0.25) is 0 Å². The van der Waals surface area contributed by atoms with Crippen LogP contribution in [0.25, 0.3) is 10.9 Å². The highest BCUT2D eigenvalue weighted by Crippen LogP contribution is 3.02. The van der Waals surface area contributed by atoms with E-state index >= 15 is 0 Å². The van der Waals surface area contributed by atoms with Crippen LogP contribution in [-0.4, -0.2) is 66.5 Å². The van der Waals surface area contributed by atoms with Gasteiger partial charge in [0.25, 0.3) is 11.8 Å². The molecular weight excluding hydrogens is 559 g/mol. The highest BCUT2D eigenvalue weighted by molar-refractivity contribution is 8.45. The van der Waals surface area contributed by atoms with Gasteiger partial charge in [-0.25, -0.2) is 0 Å². The zero-order chi connectivity index (χ0) is 29.2. The first-order valence-electron chi connectivity index (χ1n) is 12.7. The minimum absolute atomic E-state index is 0.0760. The number of carbonyl (C=O) groups is 2. The van der Waals surface area contributed by atoms with Crippen LogP contribution in [0.15, 0.2) is 47.5 Å². The summed E-state index contributed by atoms with van der Waals surface area (Å²) in [4.78, 5) is 24.9. The topological polar surface area (TPSA) is 85.7 Å². The summed E-state index contributed by atoms with van der Waals surface area (Å²) in [5.74, 6) is -0.177. The van der Waals surface area contributed by atoms with Gasteiger partial charge < -0.3 is 19.7 Å². The van der Waals surface area contributed by atoms with Gasteiger partial charge in [0.05, 0.1) is 29.7 Å². The summed E-state index contributed by atoms with van der Waals surface area (Å²) in [5.41, 5.74) is 0.984. The SMILES string of the molecule is CCOc1c(C(=O)NCCOC)ccc2nn(CC3CCN(C(=O)c4ccc(S(F)(F)(F)(F)F)cc4)CC3)cc12. The number of likely N-dealkylation sites (tertiary alicyclic amines) is 1. The number of hydrogen-bond donors (Lipinski definition) is 1. The maximum absolute atomic E-state index is 13.0. The van der Waals surface area contributed by atoms with E-state index in [-0.39, 0.29) is 29.5 Å². The molecule has 0 aliphatic carbocycles. The third-order valence-electron chi connectivity index (χ3n) is 6.71. The summed E-state index contributed by atoms with van der Waals surface area (Å²) >= 11 is 0. The molecule has 0 unspecified atom stereocenters. The molecule has 2 amide bonds. The summed E-state index contributed by atoms with van der Waals surface area (Å²) in [6.07, 6.45) is 3.07. The Labute approximate surface area is 228 Å². The predicted molar refractivity (Wildman–Crippen MR) is 142 cm³/mol. The van der Waals surface area contributed by atoms with Crippen molar-refractivity contribution in [1.82, 2.24) is 20.0 Å². The fourth-order valence-electron chi connectivity index (χ4n) is 4.67. The van der Waals surface area contributed by atoms with E-state index < -0.39 is 21.0 Å². The van der Waals surface area contributed by atoms with E-state index in [1.54, 1.807) is 23.9 Å². The van der Waals surface area contributed by atoms with E-state index in [2.05, 4.69) is 10.4 Å². The largest absolute Gasteiger partial charge is 0.492 e. The number of aromatic nitrogens is 2. The van der Waals surface area contributed by atoms with Crippen LogP contribution >= 0.6 is 10.2 Å². The molecular formula is C26H31F5N4O4S. The minimum Gasteiger partial charge on any atom is -0.492 e. The van der Waals surface area contributed by atoms with Crippen LogP contribution in [0.5, 0.6) is 5.75 Å². The number of fused-ring (bicyclic) bond motifs is 1. The van der Waals surface area contributed by atoms with Gasteiger partial charge in [-0.3, -0.25) is 14.3 Å². The van der Waals surface area contributed by atoms with E-state index in [1.807, 2.05) is 13.1 Å². The molecule has 4 rings (SSSR count). The van der Waals surface area contributed by atoms with Crippen molar-refractivity contribution < 1.29 is 38.5 Å². The van der Waals surface area contributed by atoms with Gasteiger partial charge in [-0.05, 0) is 62.1 Å². The molecule has 0 saturated carbocycles. The minimum atomic E-state index is -9.79. The van der Waals surface area contributed by atoms with E-state index in [0.29, 0.717) is 74.5 Å². The van der Waals surface area contributed by atoms with E-state index in [9.17, 15) is 29.0 Å². The smallest absolute Gasteiger partial charge is 0.310 e. The second-order valence-corrected chi connectivity index (χ2v) is 12.0. The lowest BCUT2D eigenvalue weighted by molar-refractivity contribution is 0.0681. The number of benzene rings is 2. The first-order chi connectivity index (χ1) is 18.7. The van der Waals surface area contributed by atoms with Crippen molar-refractivity contribution in [2.75, 3.05) is 40.0 Å². The van der Waals surface area contributed by atoms with Crippen LogP contribution in [0.4, 0.5) is 19.4 Å². The fraction of sp³-hybridized carbons (Fsp3) is 0.423. The molecule has 0 bridgehead atoms. The second kappa shape index (κ2) is 10.5. The van der Waals surface area contributed by atoms with Gasteiger partial charge in [0.2, 0.25) is 0 Å². The van der Waals surface area contributed by atoms with Crippen molar-refractivity contribution in [1.29, 1.82) is 0 Å². The third-order valence-corrected chi connectivity index (χ3v) is 7.87. The zero-order valence-electron chi connectivity index (χ0n) is 22.0. The summed E-state index contributed by atoms with van der Waals surface area (Å²) in [6.45, 7) is 4.20. The fourth-order valence-corrected chi connectivity index (χ4v) is 5.32. The number of halogens is 5. The molecule has 1 fully saturated rings. The van der Waals surface area contributed by atoms with Crippen LogP contribution in [-0.2, 0) is 11.3 Å². The Morgan fingerprint density at radius 3 is 2.33 bits per heavy atom. The first kappa shape index (κ1) is 29.6. The van der Waals surface area contributed by atoms with Gasteiger partial charge in [0.15, 0.2) is 0 Å². The highest BCUT2D eigenvalue weighted by atomic mass is 32.5. The Hall–Kier alpha value is -3.39. The monoisotopic (exact) mass is 590 g/mol. The molecule has 2 heterocycles. The molecule has 0 radical (unpaired) electrons. The predicted octanol–water partition coefficient (Wildman–Crippen LogP) is 6.02. The van der Waals surface area contributed by atoms with Gasteiger partial charge in [0.1, 0.15) is 10.6 Å². The molecule has 220 valence electrons. The summed E-state index contributed by atoms with van der Waals surface area (Å²) in [6, 6.07) is 5.52. The summed E-state index contributed by atoms with van der Waals surface area (Å²) in [5, 5.41) is 8.11. The number of ether oxygens (including phenoxy) is 2. The maximum atomic E-state index is 13.0. The Bertz CT molecular complexity index is 1390. The Morgan fingerprint density at radius 2 is 1.73 bits per heavy atom. The van der Waals surface area contributed by atoms with Crippen LogP contribution in [0.3, 0.4) is 0 Å². The molecule has 1 aromatic heterocycles. The van der Waals surface area contributed by atoms with Crippen LogP contribution in [0.1, 0.15) is 40.5 Å². The van der Waals surface area contributed by atoms with Gasteiger partial charge in [-0.15, -0.1) is 0 Å². The average Bonchev–Trinajstić information content (AvgIpc) is 3.31. The number of rotatable bonds is 10. The molecule has 1 aliphatic heterocycles. The molecule has 0 atom stereocenters. The van der Waals surface area contributed by atoms with Crippen molar-refractivity contribution >= 4 is 32.9 Å². The molecule has 1 N–H and O–H groups in total. The lowest BCUT2D eigenvalue weighted by atomic mass is 9.96.